The van der Waals surface area contributed by atoms with Crippen LogP contribution in [0, 0.1) is 0 Å². The predicted octanol–water partition coefficient (Wildman–Crippen LogP) is 5.33. The Morgan fingerprint density at radius 3 is 2.60 bits per heavy atom. The largest absolute Gasteiger partial charge is 0.420 e. The maximum atomic E-state index is 14.2. The number of pyridine rings is 1. The van der Waals surface area contributed by atoms with E-state index in [9.17, 15) is 18.0 Å². The summed E-state index contributed by atoms with van der Waals surface area (Å²) in [7, 11) is 2.12. The van der Waals surface area contributed by atoms with Gasteiger partial charge in [-0.15, -0.1) is 23.1 Å². The van der Waals surface area contributed by atoms with E-state index in [1.807, 2.05) is 0 Å². The van der Waals surface area contributed by atoms with Crippen molar-refractivity contribution in [1.29, 1.82) is 0 Å². The van der Waals surface area contributed by atoms with Crippen molar-refractivity contribution in [2.75, 3.05) is 62.4 Å². The molecule has 0 aromatic carbocycles. The number of rotatable bonds is 6. The molecule has 3 aromatic heterocycles. The van der Waals surface area contributed by atoms with Gasteiger partial charge in [-0.25, -0.2) is 15.0 Å². The molecular weight excluding hydrogens is 599 g/mol. The van der Waals surface area contributed by atoms with Gasteiger partial charge in [-0.05, 0) is 50.4 Å². The van der Waals surface area contributed by atoms with Gasteiger partial charge in [0.1, 0.15) is 16.3 Å². The van der Waals surface area contributed by atoms with Gasteiger partial charge in [-0.2, -0.15) is 13.2 Å². The average Bonchev–Trinajstić information content (AvgIpc) is 3.73. The van der Waals surface area contributed by atoms with Crippen LogP contribution in [-0.4, -0.2) is 94.9 Å². The van der Waals surface area contributed by atoms with Crippen LogP contribution in [0.3, 0.4) is 0 Å². The van der Waals surface area contributed by atoms with Crippen molar-refractivity contribution in [1.82, 2.24) is 24.8 Å². The lowest BCUT2D eigenvalue weighted by Gasteiger charge is -2.38. The lowest BCUT2D eigenvalue weighted by atomic mass is 10.1. The third-order valence-electron chi connectivity index (χ3n) is 8.60. The van der Waals surface area contributed by atoms with E-state index in [0.29, 0.717) is 52.9 Å². The van der Waals surface area contributed by atoms with Gasteiger partial charge in [0.25, 0.3) is 5.91 Å². The fourth-order valence-electron chi connectivity index (χ4n) is 5.67. The van der Waals surface area contributed by atoms with Crippen LogP contribution < -0.4 is 10.2 Å². The molecule has 14 heteroatoms. The summed E-state index contributed by atoms with van der Waals surface area (Å²) in [6.45, 7) is 6.45. The van der Waals surface area contributed by atoms with Gasteiger partial charge >= 0.3 is 6.18 Å². The minimum absolute atomic E-state index is 0.00510. The van der Waals surface area contributed by atoms with Crippen LogP contribution in [0.15, 0.2) is 29.4 Å². The summed E-state index contributed by atoms with van der Waals surface area (Å²) in [5.41, 5.74) is 0.604. The highest BCUT2D eigenvalue weighted by Gasteiger charge is 2.38. The number of alkyl halides is 3. The SMILES string of the molecule is CC1CN(c2cc(C3CC3)c(Nc3ncc(C(F)(F)F)c(-c4cc5c(s4)C(=O)N(C4COC4)CCS5)n3)cn2)CCN1C. The normalized spacial score (nSPS) is 21.9. The molecule has 43 heavy (non-hydrogen) atoms. The number of fused-ring (bicyclic) bond motifs is 1. The van der Waals surface area contributed by atoms with Gasteiger partial charge in [-0.3, -0.25) is 4.79 Å². The Labute approximate surface area is 255 Å². The second-order valence-corrected chi connectivity index (χ2v) is 13.8. The minimum Gasteiger partial charge on any atom is -0.377 e. The van der Waals surface area contributed by atoms with Crippen molar-refractivity contribution in [3.8, 4) is 10.6 Å². The molecule has 1 N–H and O–H groups in total. The smallest absolute Gasteiger partial charge is 0.377 e. The van der Waals surface area contributed by atoms with Crippen LogP contribution in [0.5, 0.6) is 0 Å². The number of carbonyl (C=O) groups is 1. The molecule has 6 heterocycles. The molecule has 1 atom stereocenters. The number of likely N-dealkylation sites (N-methyl/N-ethyl adjacent to an activating group) is 1. The van der Waals surface area contributed by atoms with Crippen LogP contribution >= 0.6 is 23.1 Å². The van der Waals surface area contributed by atoms with E-state index in [2.05, 4.69) is 45.1 Å². The van der Waals surface area contributed by atoms with Crippen LogP contribution in [0.4, 0.5) is 30.6 Å². The van der Waals surface area contributed by atoms with Crippen molar-refractivity contribution >= 4 is 46.5 Å². The first-order chi connectivity index (χ1) is 20.7. The van der Waals surface area contributed by atoms with E-state index >= 15 is 0 Å². The Hall–Kier alpha value is -2.94. The highest BCUT2D eigenvalue weighted by Crippen LogP contribution is 2.46. The number of carbonyl (C=O) groups excluding carboxylic acids is 1. The van der Waals surface area contributed by atoms with Crippen LogP contribution in [0.25, 0.3) is 10.6 Å². The van der Waals surface area contributed by atoms with E-state index in [-0.39, 0.29) is 28.5 Å². The fourth-order valence-corrected chi connectivity index (χ4v) is 7.98. The van der Waals surface area contributed by atoms with E-state index in [0.717, 1.165) is 61.4 Å². The van der Waals surface area contributed by atoms with E-state index in [1.165, 1.54) is 11.8 Å². The van der Waals surface area contributed by atoms with Crippen molar-refractivity contribution in [3.05, 3.63) is 40.5 Å². The number of thiophene rings is 1. The fraction of sp³-hybridized carbons (Fsp3) is 0.517. The maximum Gasteiger partial charge on any atom is 0.420 e. The zero-order valence-electron chi connectivity index (χ0n) is 23.9. The number of nitrogens with one attached hydrogen (secondary N) is 1. The quantitative estimate of drug-likeness (QED) is 0.388. The van der Waals surface area contributed by atoms with Gasteiger partial charge in [-0.1, -0.05) is 0 Å². The summed E-state index contributed by atoms with van der Waals surface area (Å²) < 4.78 is 47.8. The topological polar surface area (TPSA) is 86.7 Å². The second-order valence-electron chi connectivity index (χ2n) is 11.6. The first-order valence-electron chi connectivity index (χ1n) is 14.5. The number of hydrogen-bond donors (Lipinski definition) is 1. The molecule has 0 spiro atoms. The molecule has 9 nitrogen and oxygen atoms in total. The van der Waals surface area contributed by atoms with Crippen LogP contribution in [-0.2, 0) is 10.9 Å². The first-order valence-corrected chi connectivity index (χ1v) is 16.3. The molecule has 1 unspecified atom stereocenters. The van der Waals surface area contributed by atoms with Crippen molar-refractivity contribution in [2.45, 2.75) is 48.8 Å². The highest BCUT2D eigenvalue weighted by molar-refractivity contribution is 7.99. The molecular formula is C29H32F3N7O2S2. The first kappa shape index (κ1) is 28.8. The second kappa shape index (κ2) is 11.2. The molecule has 3 fully saturated rings. The predicted molar refractivity (Wildman–Crippen MR) is 161 cm³/mol. The number of amides is 1. The zero-order valence-corrected chi connectivity index (χ0v) is 25.5. The number of thioether (sulfide) groups is 1. The van der Waals surface area contributed by atoms with E-state index < -0.39 is 11.7 Å². The number of aromatic nitrogens is 3. The van der Waals surface area contributed by atoms with Crippen molar-refractivity contribution in [2.24, 2.45) is 0 Å². The number of anilines is 3. The molecule has 2 saturated heterocycles. The van der Waals surface area contributed by atoms with Gasteiger partial charge in [0.15, 0.2) is 0 Å². The maximum absolute atomic E-state index is 14.2. The lowest BCUT2D eigenvalue weighted by Crippen LogP contribution is -2.52. The number of nitrogens with zero attached hydrogens (tertiary/aromatic N) is 6. The van der Waals surface area contributed by atoms with Gasteiger partial charge in [0, 0.05) is 49.1 Å². The lowest BCUT2D eigenvalue weighted by molar-refractivity contribution is -0.137. The minimum atomic E-state index is -4.66. The molecule has 0 bridgehead atoms. The molecule has 0 radical (unpaired) electrons. The van der Waals surface area contributed by atoms with Gasteiger partial charge in [0.2, 0.25) is 5.95 Å². The van der Waals surface area contributed by atoms with Crippen molar-refractivity contribution < 1.29 is 22.7 Å². The standard InChI is InChI=1S/C29H32F3N7O2S2/c1-16-13-38(6-5-37(16)2)24-9-19(17-3-4-17)21(12-33-24)35-28-34-11-20(29(30,31)32)25(36-28)22-10-23-26(43-22)27(40)39(7-8-42-23)18-14-41-15-18/h9-12,16-18H,3-8,13-15H2,1-2H3,(H,34,35,36). The van der Waals surface area contributed by atoms with Crippen molar-refractivity contribution in [3.63, 3.8) is 0 Å². The monoisotopic (exact) mass is 631 g/mol. The summed E-state index contributed by atoms with van der Waals surface area (Å²) in [5.74, 6) is 1.83. The Morgan fingerprint density at radius 2 is 1.91 bits per heavy atom. The summed E-state index contributed by atoms with van der Waals surface area (Å²) in [6, 6.07) is 4.17. The third-order valence-corrected chi connectivity index (χ3v) is 10.9. The highest BCUT2D eigenvalue weighted by atomic mass is 32.2. The molecule has 1 amide bonds. The Balaban J connectivity index is 1.20. The van der Waals surface area contributed by atoms with Crippen LogP contribution in [0.1, 0.15) is 46.5 Å². The Bertz CT molecular complexity index is 1540. The number of halogens is 3. The van der Waals surface area contributed by atoms with Crippen LogP contribution in [0.2, 0.25) is 0 Å². The van der Waals surface area contributed by atoms with E-state index in [4.69, 9.17) is 9.72 Å². The van der Waals surface area contributed by atoms with E-state index in [1.54, 1.807) is 17.2 Å². The summed E-state index contributed by atoms with van der Waals surface area (Å²) in [5, 5.41) is 3.18. The molecule has 4 aliphatic rings. The summed E-state index contributed by atoms with van der Waals surface area (Å²) in [6.07, 6.45) is 0.00423. The molecule has 3 aliphatic heterocycles. The Morgan fingerprint density at radius 1 is 1.09 bits per heavy atom. The molecule has 1 saturated carbocycles. The molecule has 3 aromatic rings. The van der Waals surface area contributed by atoms with Gasteiger partial charge < -0.3 is 24.8 Å². The number of ether oxygens (including phenoxy) is 1. The average molecular weight is 632 g/mol. The summed E-state index contributed by atoms with van der Waals surface area (Å²) >= 11 is 2.54. The molecule has 7 rings (SSSR count). The zero-order chi connectivity index (χ0) is 29.9. The third kappa shape index (κ3) is 5.69. The van der Waals surface area contributed by atoms with Gasteiger partial charge in [0.05, 0.1) is 41.7 Å². The Kier molecular flexibility index (Phi) is 7.51. The molecule has 228 valence electrons. The number of piperazine rings is 1. The number of hydrogen-bond acceptors (Lipinski definition) is 10. The summed E-state index contributed by atoms with van der Waals surface area (Å²) in [4.78, 5) is 34.4. The molecule has 1 aliphatic carbocycles.